The van der Waals surface area contributed by atoms with E-state index in [0.717, 1.165) is 10.8 Å². The van der Waals surface area contributed by atoms with E-state index in [1.165, 1.54) is 4.90 Å². The number of amides is 1. The second-order valence-corrected chi connectivity index (χ2v) is 8.39. The van der Waals surface area contributed by atoms with Gasteiger partial charge < -0.3 is 14.7 Å². The van der Waals surface area contributed by atoms with Crippen LogP contribution in [-0.4, -0.2) is 56.9 Å². The highest BCUT2D eigenvalue weighted by Gasteiger charge is 2.31. The molecule has 1 amide bonds. The van der Waals surface area contributed by atoms with Gasteiger partial charge in [-0.1, -0.05) is 30.3 Å². The summed E-state index contributed by atoms with van der Waals surface area (Å²) < 4.78 is 32.8. The number of hydrogen-bond acceptors (Lipinski definition) is 5. The molecule has 0 spiro atoms. The molecule has 0 aromatic heterocycles. The van der Waals surface area contributed by atoms with E-state index in [2.05, 4.69) is 4.72 Å². The van der Waals surface area contributed by atoms with Crippen molar-refractivity contribution in [2.45, 2.75) is 24.3 Å². The van der Waals surface area contributed by atoms with Gasteiger partial charge in [0.25, 0.3) is 0 Å². The number of aliphatic hydroxyl groups excluding tert-OH is 1. The summed E-state index contributed by atoms with van der Waals surface area (Å²) in [4.78, 5) is 13.6. The zero-order chi connectivity index (χ0) is 19.4. The van der Waals surface area contributed by atoms with Gasteiger partial charge >= 0.3 is 6.09 Å². The number of benzene rings is 2. The highest BCUT2D eigenvalue weighted by atomic mass is 32.2. The molecule has 7 nitrogen and oxygen atoms in total. The average molecular weight is 392 g/mol. The van der Waals surface area contributed by atoms with Crippen molar-refractivity contribution in [1.29, 1.82) is 0 Å². The lowest BCUT2D eigenvalue weighted by Gasteiger charge is -2.35. The Hall–Kier alpha value is -2.16. The molecule has 2 N–H and O–H groups in total. The number of nitrogens with zero attached hydrogens (tertiary/aromatic N) is 1. The van der Waals surface area contributed by atoms with E-state index < -0.39 is 28.1 Å². The molecule has 2 aromatic carbocycles. The molecule has 0 bridgehead atoms. The number of piperidine rings is 1. The van der Waals surface area contributed by atoms with Crippen molar-refractivity contribution in [1.82, 2.24) is 9.62 Å². The van der Waals surface area contributed by atoms with Gasteiger partial charge in [0, 0.05) is 25.6 Å². The van der Waals surface area contributed by atoms with Crippen LogP contribution in [0.3, 0.4) is 0 Å². The standard InChI is InChI=1S/C19H24N2O5S/c1-2-26-19(23)21-10-9-18(22)16(13-21)12-20-27(24,25)17-8-7-14-5-3-4-6-15(14)11-17/h3-8,11,16,18,20,22H,2,9-10,12-13H2,1H3/t16-,18+/m1/s1. The summed E-state index contributed by atoms with van der Waals surface area (Å²) >= 11 is 0. The third kappa shape index (κ3) is 4.58. The summed E-state index contributed by atoms with van der Waals surface area (Å²) in [6, 6.07) is 12.5. The molecule has 1 aliphatic rings. The predicted octanol–water partition coefficient (Wildman–Crippen LogP) is 1.96. The Morgan fingerprint density at radius 3 is 2.74 bits per heavy atom. The van der Waals surface area contributed by atoms with Crippen molar-refractivity contribution >= 4 is 26.9 Å². The third-order valence-corrected chi connectivity index (χ3v) is 6.21. The minimum atomic E-state index is -3.72. The molecule has 146 valence electrons. The molecule has 8 heteroatoms. The van der Waals surface area contributed by atoms with Crippen LogP contribution >= 0.6 is 0 Å². The Kier molecular flexibility index (Phi) is 5.98. The van der Waals surface area contributed by atoms with Gasteiger partial charge in [0.05, 0.1) is 17.6 Å². The number of carbonyl (C=O) groups is 1. The largest absolute Gasteiger partial charge is 0.450 e. The van der Waals surface area contributed by atoms with Crippen LogP contribution in [0.4, 0.5) is 4.79 Å². The van der Waals surface area contributed by atoms with E-state index in [-0.39, 0.29) is 24.6 Å². The number of likely N-dealkylation sites (tertiary alicyclic amines) is 1. The molecular formula is C19H24N2O5S. The molecule has 1 saturated heterocycles. The third-order valence-electron chi connectivity index (χ3n) is 4.79. The van der Waals surface area contributed by atoms with Crippen molar-refractivity contribution in [3.05, 3.63) is 42.5 Å². The maximum absolute atomic E-state index is 12.6. The Labute approximate surface area is 159 Å². The highest BCUT2D eigenvalue weighted by molar-refractivity contribution is 7.89. The van der Waals surface area contributed by atoms with Gasteiger partial charge in [-0.25, -0.2) is 17.9 Å². The number of ether oxygens (including phenoxy) is 1. The second-order valence-electron chi connectivity index (χ2n) is 6.62. The molecule has 0 aliphatic carbocycles. The molecule has 0 unspecified atom stereocenters. The first-order chi connectivity index (χ1) is 12.9. The summed E-state index contributed by atoms with van der Waals surface area (Å²) in [5.74, 6) is -0.390. The van der Waals surface area contributed by atoms with Crippen molar-refractivity contribution in [3.8, 4) is 0 Å². The number of rotatable bonds is 5. The number of hydrogen-bond donors (Lipinski definition) is 2. The molecule has 1 aliphatic heterocycles. The van der Waals surface area contributed by atoms with E-state index in [1.807, 2.05) is 24.3 Å². The molecule has 3 rings (SSSR count). The Balaban J connectivity index is 1.68. The number of aliphatic hydroxyl groups is 1. The maximum atomic E-state index is 12.6. The van der Waals surface area contributed by atoms with Crippen molar-refractivity contribution in [2.75, 3.05) is 26.2 Å². The predicted molar refractivity (Wildman–Crippen MR) is 102 cm³/mol. The lowest BCUT2D eigenvalue weighted by atomic mass is 9.95. The summed E-state index contributed by atoms with van der Waals surface area (Å²) in [6.45, 7) is 2.70. The summed E-state index contributed by atoms with van der Waals surface area (Å²) in [7, 11) is -3.72. The van der Waals surface area contributed by atoms with Gasteiger partial charge in [-0.15, -0.1) is 0 Å². The van der Waals surface area contributed by atoms with Crippen LogP contribution in [0.1, 0.15) is 13.3 Å². The summed E-state index contributed by atoms with van der Waals surface area (Å²) in [6.07, 6.45) is -0.719. The molecule has 0 saturated carbocycles. The Bertz CT molecular complexity index is 915. The first kappa shape index (κ1) is 19.6. The summed E-state index contributed by atoms with van der Waals surface area (Å²) in [5, 5.41) is 12.0. The lowest BCUT2D eigenvalue weighted by Crippen LogP contribution is -2.49. The first-order valence-electron chi connectivity index (χ1n) is 8.99. The fourth-order valence-electron chi connectivity index (χ4n) is 3.24. The SMILES string of the molecule is CCOC(=O)N1CC[C@H](O)[C@H](CNS(=O)(=O)c2ccc3ccccc3c2)C1. The van der Waals surface area contributed by atoms with Gasteiger partial charge in [-0.05, 0) is 36.2 Å². The monoisotopic (exact) mass is 392 g/mol. The van der Waals surface area contributed by atoms with Gasteiger partial charge in [0.1, 0.15) is 0 Å². The lowest BCUT2D eigenvalue weighted by molar-refractivity contribution is 0.0236. The van der Waals surface area contributed by atoms with E-state index in [1.54, 1.807) is 25.1 Å². The normalized spacial score (nSPS) is 20.6. The van der Waals surface area contributed by atoms with Crippen LogP contribution in [0.25, 0.3) is 10.8 Å². The van der Waals surface area contributed by atoms with Gasteiger partial charge in [0.2, 0.25) is 10.0 Å². The fourth-order valence-corrected chi connectivity index (χ4v) is 4.37. The van der Waals surface area contributed by atoms with Crippen LogP contribution in [0.15, 0.2) is 47.4 Å². The first-order valence-corrected chi connectivity index (χ1v) is 10.5. The summed E-state index contributed by atoms with van der Waals surface area (Å²) in [5.41, 5.74) is 0. The van der Waals surface area contributed by atoms with Crippen LogP contribution < -0.4 is 4.72 Å². The molecule has 2 atom stereocenters. The fraction of sp³-hybridized carbons (Fsp3) is 0.421. The molecule has 27 heavy (non-hydrogen) atoms. The highest BCUT2D eigenvalue weighted by Crippen LogP contribution is 2.21. The van der Waals surface area contributed by atoms with Crippen LogP contribution in [-0.2, 0) is 14.8 Å². The molecule has 1 heterocycles. The van der Waals surface area contributed by atoms with Crippen molar-refractivity contribution in [2.24, 2.45) is 5.92 Å². The topological polar surface area (TPSA) is 95.9 Å². The number of fused-ring (bicyclic) bond motifs is 1. The maximum Gasteiger partial charge on any atom is 0.409 e. The van der Waals surface area contributed by atoms with E-state index in [4.69, 9.17) is 4.74 Å². The zero-order valence-electron chi connectivity index (χ0n) is 15.2. The van der Waals surface area contributed by atoms with Crippen LogP contribution in [0, 0.1) is 5.92 Å². The quantitative estimate of drug-likeness (QED) is 0.811. The second kappa shape index (κ2) is 8.24. The van der Waals surface area contributed by atoms with Crippen molar-refractivity contribution < 1.29 is 23.1 Å². The van der Waals surface area contributed by atoms with E-state index in [0.29, 0.717) is 13.0 Å². The Morgan fingerprint density at radius 2 is 2.00 bits per heavy atom. The van der Waals surface area contributed by atoms with E-state index >= 15 is 0 Å². The average Bonchev–Trinajstić information content (AvgIpc) is 2.67. The minimum Gasteiger partial charge on any atom is -0.450 e. The number of sulfonamides is 1. The van der Waals surface area contributed by atoms with E-state index in [9.17, 15) is 18.3 Å². The number of nitrogens with one attached hydrogen (secondary N) is 1. The van der Waals surface area contributed by atoms with Gasteiger partial charge in [-0.2, -0.15) is 0 Å². The molecule has 2 aromatic rings. The molecule has 0 radical (unpaired) electrons. The van der Waals surface area contributed by atoms with Crippen LogP contribution in [0.5, 0.6) is 0 Å². The number of carbonyl (C=O) groups excluding carboxylic acids is 1. The van der Waals surface area contributed by atoms with Crippen LogP contribution in [0.2, 0.25) is 0 Å². The molecule has 1 fully saturated rings. The molecular weight excluding hydrogens is 368 g/mol. The Morgan fingerprint density at radius 1 is 1.26 bits per heavy atom. The van der Waals surface area contributed by atoms with Crippen molar-refractivity contribution in [3.63, 3.8) is 0 Å². The minimum absolute atomic E-state index is 0.0478. The van der Waals surface area contributed by atoms with Gasteiger partial charge in [-0.3, -0.25) is 0 Å². The zero-order valence-corrected chi connectivity index (χ0v) is 16.0. The smallest absolute Gasteiger partial charge is 0.409 e. The van der Waals surface area contributed by atoms with Gasteiger partial charge in [0.15, 0.2) is 0 Å².